The molecule has 0 bridgehead atoms. The van der Waals surface area contributed by atoms with Crippen LogP contribution in [0.5, 0.6) is 5.88 Å². The number of carbonyl (C=O) groups excluding carboxylic acids is 2. The Morgan fingerprint density at radius 3 is 2.50 bits per heavy atom. The molecule has 0 spiro atoms. The van der Waals surface area contributed by atoms with E-state index in [9.17, 15) is 9.59 Å². The SMILES string of the molecule is CCC(CC)NC(=O)COc1ccc(NC(C)=O)cn1. The normalized spacial score (nSPS) is 10.2. The highest BCUT2D eigenvalue weighted by Gasteiger charge is 2.09. The number of pyridine rings is 1. The third-order valence-corrected chi connectivity index (χ3v) is 2.76. The number of rotatable bonds is 7. The van der Waals surface area contributed by atoms with Crippen molar-refractivity contribution in [1.29, 1.82) is 0 Å². The number of nitrogens with one attached hydrogen (secondary N) is 2. The lowest BCUT2D eigenvalue weighted by Gasteiger charge is -2.14. The summed E-state index contributed by atoms with van der Waals surface area (Å²) >= 11 is 0. The molecular formula is C14H21N3O3. The van der Waals surface area contributed by atoms with Gasteiger partial charge < -0.3 is 15.4 Å². The van der Waals surface area contributed by atoms with E-state index in [1.54, 1.807) is 12.1 Å². The minimum Gasteiger partial charge on any atom is -0.468 e. The fraction of sp³-hybridized carbons (Fsp3) is 0.500. The lowest BCUT2D eigenvalue weighted by atomic mass is 10.2. The summed E-state index contributed by atoms with van der Waals surface area (Å²) in [6, 6.07) is 3.46. The molecule has 1 aromatic heterocycles. The van der Waals surface area contributed by atoms with Gasteiger partial charge in [-0.2, -0.15) is 0 Å². The largest absolute Gasteiger partial charge is 0.468 e. The van der Waals surface area contributed by atoms with Gasteiger partial charge in [0.05, 0.1) is 11.9 Å². The van der Waals surface area contributed by atoms with Gasteiger partial charge in [0.2, 0.25) is 11.8 Å². The fourth-order valence-corrected chi connectivity index (χ4v) is 1.64. The number of carbonyl (C=O) groups is 2. The summed E-state index contributed by atoms with van der Waals surface area (Å²) in [5.74, 6) is 0.0234. The molecule has 2 amide bonds. The number of anilines is 1. The molecule has 0 aliphatic heterocycles. The Bertz CT molecular complexity index is 441. The molecule has 0 radical (unpaired) electrons. The minimum atomic E-state index is -0.162. The summed E-state index contributed by atoms with van der Waals surface area (Å²) in [6.07, 6.45) is 3.27. The molecule has 0 saturated carbocycles. The van der Waals surface area contributed by atoms with Crippen molar-refractivity contribution >= 4 is 17.5 Å². The topological polar surface area (TPSA) is 80.3 Å². The first-order valence-corrected chi connectivity index (χ1v) is 6.71. The van der Waals surface area contributed by atoms with E-state index in [4.69, 9.17) is 4.74 Å². The number of hydrogen-bond acceptors (Lipinski definition) is 4. The second-order valence-electron chi connectivity index (χ2n) is 4.44. The van der Waals surface area contributed by atoms with E-state index in [0.717, 1.165) is 12.8 Å². The van der Waals surface area contributed by atoms with Gasteiger partial charge in [-0.25, -0.2) is 4.98 Å². The van der Waals surface area contributed by atoms with E-state index in [0.29, 0.717) is 11.6 Å². The Hall–Kier alpha value is -2.11. The quantitative estimate of drug-likeness (QED) is 0.796. The van der Waals surface area contributed by atoms with Crippen LogP contribution in [0, 0.1) is 0 Å². The van der Waals surface area contributed by atoms with Crippen molar-refractivity contribution in [3.05, 3.63) is 18.3 Å². The van der Waals surface area contributed by atoms with Gasteiger partial charge in [0.1, 0.15) is 0 Å². The number of nitrogens with zero attached hydrogens (tertiary/aromatic N) is 1. The van der Waals surface area contributed by atoms with Gasteiger partial charge in [0, 0.05) is 19.0 Å². The van der Waals surface area contributed by atoms with E-state index < -0.39 is 0 Å². The van der Waals surface area contributed by atoms with Gasteiger partial charge >= 0.3 is 0 Å². The zero-order chi connectivity index (χ0) is 15.0. The highest BCUT2D eigenvalue weighted by atomic mass is 16.5. The fourth-order valence-electron chi connectivity index (χ4n) is 1.64. The molecule has 0 atom stereocenters. The molecule has 1 aromatic rings. The third-order valence-electron chi connectivity index (χ3n) is 2.76. The highest BCUT2D eigenvalue weighted by Crippen LogP contribution is 2.11. The highest BCUT2D eigenvalue weighted by molar-refractivity contribution is 5.88. The van der Waals surface area contributed by atoms with Crippen LogP contribution in [0.3, 0.4) is 0 Å². The lowest BCUT2D eigenvalue weighted by Crippen LogP contribution is -2.37. The maximum absolute atomic E-state index is 11.6. The molecule has 0 aromatic carbocycles. The predicted octanol–water partition coefficient (Wildman–Crippen LogP) is 1.72. The molecule has 1 heterocycles. The van der Waals surface area contributed by atoms with E-state index >= 15 is 0 Å². The Labute approximate surface area is 118 Å². The average molecular weight is 279 g/mol. The van der Waals surface area contributed by atoms with Gasteiger partial charge in [0.15, 0.2) is 6.61 Å². The maximum atomic E-state index is 11.6. The number of amides is 2. The molecule has 110 valence electrons. The van der Waals surface area contributed by atoms with Crippen LogP contribution >= 0.6 is 0 Å². The second kappa shape index (κ2) is 8.14. The monoisotopic (exact) mass is 279 g/mol. The molecule has 0 unspecified atom stereocenters. The van der Waals surface area contributed by atoms with Crippen molar-refractivity contribution in [2.75, 3.05) is 11.9 Å². The Kier molecular flexibility index (Phi) is 6.49. The van der Waals surface area contributed by atoms with Gasteiger partial charge in [-0.3, -0.25) is 9.59 Å². The van der Waals surface area contributed by atoms with Crippen LogP contribution in [-0.4, -0.2) is 29.4 Å². The molecule has 0 fully saturated rings. The van der Waals surface area contributed by atoms with Crippen LogP contribution in [0.4, 0.5) is 5.69 Å². The number of aromatic nitrogens is 1. The molecular weight excluding hydrogens is 258 g/mol. The Morgan fingerprint density at radius 1 is 1.30 bits per heavy atom. The minimum absolute atomic E-state index is 0.0665. The van der Waals surface area contributed by atoms with Crippen molar-refractivity contribution in [2.45, 2.75) is 39.7 Å². The van der Waals surface area contributed by atoms with Crippen LogP contribution in [-0.2, 0) is 9.59 Å². The number of ether oxygens (including phenoxy) is 1. The molecule has 0 aliphatic rings. The second-order valence-corrected chi connectivity index (χ2v) is 4.44. The maximum Gasteiger partial charge on any atom is 0.258 e. The molecule has 6 heteroatoms. The number of hydrogen-bond donors (Lipinski definition) is 2. The van der Waals surface area contributed by atoms with Crippen LogP contribution in [0.2, 0.25) is 0 Å². The third kappa shape index (κ3) is 5.69. The van der Waals surface area contributed by atoms with E-state index in [-0.39, 0.29) is 24.5 Å². The Morgan fingerprint density at radius 2 is 2.00 bits per heavy atom. The van der Waals surface area contributed by atoms with Crippen molar-refractivity contribution in [3.8, 4) is 5.88 Å². The zero-order valence-corrected chi connectivity index (χ0v) is 12.1. The first kappa shape index (κ1) is 15.9. The summed E-state index contributed by atoms with van der Waals surface area (Å²) in [6.45, 7) is 5.41. The lowest BCUT2D eigenvalue weighted by molar-refractivity contribution is -0.124. The van der Waals surface area contributed by atoms with E-state index in [1.807, 2.05) is 13.8 Å². The van der Waals surface area contributed by atoms with Crippen molar-refractivity contribution < 1.29 is 14.3 Å². The van der Waals surface area contributed by atoms with E-state index in [1.165, 1.54) is 13.1 Å². The zero-order valence-electron chi connectivity index (χ0n) is 12.1. The van der Waals surface area contributed by atoms with Crippen LogP contribution < -0.4 is 15.4 Å². The first-order valence-electron chi connectivity index (χ1n) is 6.71. The Balaban J connectivity index is 2.41. The summed E-state index contributed by atoms with van der Waals surface area (Å²) in [5, 5.41) is 5.48. The van der Waals surface area contributed by atoms with Gasteiger partial charge in [-0.1, -0.05) is 13.8 Å². The smallest absolute Gasteiger partial charge is 0.258 e. The molecule has 20 heavy (non-hydrogen) atoms. The van der Waals surface area contributed by atoms with Gasteiger partial charge in [-0.05, 0) is 18.9 Å². The molecule has 0 saturated heterocycles. The summed E-state index contributed by atoms with van der Waals surface area (Å²) in [7, 11) is 0. The van der Waals surface area contributed by atoms with Crippen LogP contribution in [0.1, 0.15) is 33.6 Å². The predicted molar refractivity (Wildman–Crippen MR) is 76.5 cm³/mol. The van der Waals surface area contributed by atoms with Gasteiger partial charge in [-0.15, -0.1) is 0 Å². The first-order chi connectivity index (χ1) is 9.55. The standard InChI is InChI=1S/C14H21N3O3/c1-4-11(5-2)17-13(19)9-20-14-7-6-12(8-15-14)16-10(3)18/h6-8,11H,4-5,9H2,1-3H3,(H,16,18)(H,17,19). The van der Waals surface area contributed by atoms with Crippen molar-refractivity contribution in [1.82, 2.24) is 10.3 Å². The summed E-state index contributed by atoms with van der Waals surface area (Å²) in [4.78, 5) is 26.5. The van der Waals surface area contributed by atoms with Gasteiger partial charge in [0.25, 0.3) is 5.91 Å². The van der Waals surface area contributed by atoms with E-state index in [2.05, 4.69) is 15.6 Å². The molecule has 0 aliphatic carbocycles. The molecule has 2 N–H and O–H groups in total. The van der Waals surface area contributed by atoms with Crippen molar-refractivity contribution in [3.63, 3.8) is 0 Å². The van der Waals surface area contributed by atoms with Crippen LogP contribution in [0.15, 0.2) is 18.3 Å². The summed E-state index contributed by atoms with van der Waals surface area (Å²) in [5.41, 5.74) is 0.589. The van der Waals surface area contributed by atoms with Crippen LogP contribution in [0.25, 0.3) is 0 Å². The average Bonchev–Trinajstić information content (AvgIpc) is 2.43. The summed E-state index contributed by atoms with van der Waals surface area (Å²) < 4.78 is 5.28. The van der Waals surface area contributed by atoms with Crippen molar-refractivity contribution in [2.24, 2.45) is 0 Å². The molecule has 6 nitrogen and oxygen atoms in total. The molecule has 1 rings (SSSR count).